The largest absolute Gasteiger partial charge is 0.489 e. The van der Waals surface area contributed by atoms with E-state index in [1.807, 2.05) is 50.4 Å². The molecular weight excluding hydrogens is 394 g/mol. The molecule has 0 bridgehead atoms. The first-order chi connectivity index (χ1) is 13.4. The second-order valence-electron chi connectivity index (χ2n) is 6.42. The number of benzene rings is 1. The molecule has 0 spiro atoms. The average Bonchev–Trinajstić information content (AvgIpc) is 3.28. The molecule has 0 unspecified atom stereocenters. The molecule has 0 saturated heterocycles. The van der Waals surface area contributed by atoms with Crippen molar-refractivity contribution < 1.29 is 19.1 Å². The van der Waals surface area contributed by atoms with Crippen molar-refractivity contribution in [1.82, 2.24) is 0 Å². The molecule has 2 aromatic heterocycles. The van der Waals surface area contributed by atoms with Crippen LogP contribution in [0.4, 0.5) is 5.00 Å². The highest BCUT2D eigenvalue weighted by atomic mass is 32.1. The molecule has 3 rings (SSSR count). The van der Waals surface area contributed by atoms with Crippen molar-refractivity contribution >= 4 is 39.6 Å². The first-order valence-corrected chi connectivity index (χ1v) is 10.3. The lowest BCUT2D eigenvalue weighted by atomic mass is 10.1. The van der Waals surface area contributed by atoms with E-state index >= 15 is 0 Å². The molecule has 0 saturated carbocycles. The van der Waals surface area contributed by atoms with Gasteiger partial charge >= 0.3 is 5.97 Å². The fraction of sp³-hybridized carbons (Fsp3) is 0.238. The lowest BCUT2D eigenvalue weighted by molar-refractivity contribution is 0.0602. The summed E-state index contributed by atoms with van der Waals surface area (Å²) in [5, 5.41) is 5.21. The number of carbonyl (C=O) groups is 2. The van der Waals surface area contributed by atoms with Crippen molar-refractivity contribution in [2.45, 2.75) is 27.4 Å². The summed E-state index contributed by atoms with van der Waals surface area (Å²) in [6.45, 7) is 6.29. The SMILES string of the molecule is COC(=O)c1cc(C)sc1NC(=O)c1cc(COc2cc(C)ccc2C)cs1. The number of methoxy groups -OCH3 is 1. The Labute approximate surface area is 171 Å². The van der Waals surface area contributed by atoms with Gasteiger partial charge in [0.2, 0.25) is 0 Å². The molecule has 1 N–H and O–H groups in total. The van der Waals surface area contributed by atoms with Gasteiger partial charge in [-0.2, -0.15) is 0 Å². The first-order valence-electron chi connectivity index (χ1n) is 8.65. The Morgan fingerprint density at radius 3 is 2.64 bits per heavy atom. The fourth-order valence-corrected chi connectivity index (χ4v) is 4.31. The molecule has 0 fully saturated rings. The van der Waals surface area contributed by atoms with E-state index < -0.39 is 5.97 Å². The molecule has 28 heavy (non-hydrogen) atoms. The van der Waals surface area contributed by atoms with E-state index in [4.69, 9.17) is 9.47 Å². The van der Waals surface area contributed by atoms with Crippen LogP contribution in [0.3, 0.4) is 0 Å². The van der Waals surface area contributed by atoms with E-state index in [1.54, 1.807) is 6.07 Å². The van der Waals surface area contributed by atoms with E-state index in [9.17, 15) is 9.59 Å². The third kappa shape index (κ3) is 4.61. The van der Waals surface area contributed by atoms with Gasteiger partial charge in [0, 0.05) is 10.4 Å². The Balaban J connectivity index is 1.68. The van der Waals surface area contributed by atoms with Crippen LogP contribution in [0, 0.1) is 20.8 Å². The highest BCUT2D eigenvalue weighted by molar-refractivity contribution is 7.17. The molecule has 1 amide bonds. The van der Waals surface area contributed by atoms with E-state index in [0.717, 1.165) is 27.3 Å². The minimum absolute atomic E-state index is 0.255. The summed E-state index contributed by atoms with van der Waals surface area (Å²) >= 11 is 2.69. The lowest BCUT2D eigenvalue weighted by Gasteiger charge is -2.09. The quantitative estimate of drug-likeness (QED) is 0.551. The molecule has 7 heteroatoms. The van der Waals surface area contributed by atoms with Crippen molar-refractivity contribution in [2.75, 3.05) is 12.4 Å². The van der Waals surface area contributed by atoms with Gasteiger partial charge in [-0.3, -0.25) is 4.79 Å². The molecule has 1 aromatic carbocycles. The van der Waals surface area contributed by atoms with Gasteiger partial charge in [-0.1, -0.05) is 12.1 Å². The Bertz CT molecular complexity index is 1020. The Hall–Kier alpha value is -2.64. The van der Waals surface area contributed by atoms with Gasteiger partial charge in [-0.15, -0.1) is 22.7 Å². The van der Waals surface area contributed by atoms with Gasteiger partial charge in [0.1, 0.15) is 17.4 Å². The van der Waals surface area contributed by atoms with E-state index in [1.165, 1.54) is 29.8 Å². The number of ether oxygens (including phenoxy) is 2. The monoisotopic (exact) mass is 415 g/mol. The van der Waals surface area contributed by atoms with Gasteiger partial charge in [0.25, 0.3) is 5.91 Å². The number of anilines is 1. The van der Waals surface area contributed by atoms with E-state index in [2.05, 4.69) is 5.32 Å². The number of amides is 1. The Morgan fingerprint density at radius 1 is 1.11 bits per heavy atom. The molecule has 0 aliphatic heterocycles. The highest BCUT2D eigenvalue weighted by Gasteiger charge is 2.19. The van der Waals surface area contributed by atoms with Crippen molar-refractivity contribution in [1.29, 1.82) is 0 Å². The van der Waals surface area contributed by atoms with Crippen LogP contribution >= 0.6 is 22.7 Å². The summed E-state index contributed by atoms with van der Waals surface area (Å²) in [4.78, 5) is 25.9. The third-order valence-corrected chi connectivity index (χ3v) is 6.05. The Kier molecular flexibility index (Phi) is 6.16. The van der Waals surface area contributed by atoms with Crippen LogP contribution < -0.4 is 10.1 Å². The van der Waals surface area contributed by atoms with Crippen LogP contribution in [0.1, 0.15) is 41.6 Å². The molecule has 0 aliphatic carbocycles. The van der Waals surface area contributed by atoms with Crippen molar-refractivity contribution in [3.05, 3.63) is 67.7 Å². The zero-order valence-electron chi connectivity index (χ0n) is 16.1. The summed E-state index contributed by atoms with van der Waals surface area (Å²) in [5.74, 6) is 0.123. The second kappa shape index (κ2) is 8.58. The number of aryl methyl sites for hydroxylation is 3. The smallest absolute Gasteiger partial charge is 0.340 e. The summed E-state index contributed by atoms with van der Waals surface area (Å²) in [6, 6.07) is 9.60. The zero-order valence-corrected chi connectivity index (χ0v) is 17.8. The van der Waals surface area contributed by atoms with Gasteiger partial charge in [0.05, 0.1) is 17.6 Å². The number of hydrogen-bond donors (Lipinski definition) is 1. The van der Waals surface area contributed by atoms with E-state index in [-0.39, 0.29) is 5.91 Å². The summed E-state index contributed by atoms with van der Waals surface area (Å²) in [6.07, 6.45) is 0. The van der Waals surface area contributed by atoms with Crippen LogP contribution in [0.15, 0.2) is 35.7 Å². The van der Waals surface area contributed by atoms with Gasteiger partial charge < -0.3 is 14.8 Å². The van der Waals surface area contributed by atoms with Crippen LogP contribution in [0.2, 0.25) is 0 Å². The van der Waals surface area contributed by atoms with Gasteiger partial charge in [-0.25, -0.2) is 4.79 Å². The standard InChI is InChI=1S/C21H21NO4S2/c1-12-5-6-13(2)17(7-12)26-10-15-9-18(27-11-15)19(23)22-20-16(21(24)25-4)8-14(3)28-20/h5-9,11H,10H2,1-4H3,(H,22,23). The normalized spacial score (nSPS) is 10.6. The van der Waals surface area contributed by atoms with Crippen LogP contribution in [-0.4, -0.2) is 19.0 Å². The lowest BCUT2D eigenvalue weighted by Crippen LogP contribution is -2.12. The predicted octanol–water partition coefficient (Wildman–Crippen LogP) is 5.35. The molecule has 146 valence electrons. The number of carbonyl (C=O) groups excluding carboxylic acids is 2. The molecular formula is C21H21NO4S2. The third-order valence-electron chi connectivity index (χ3n) is 4.10. The number of nitrogens with one attached hydrogen (secondary N) is 1. The first kappa shape index (κ1) is 20.1. The molecule has 2 heterocycles. The molecule has 0 aliphatic rings. The maximum atomic E-state index is 12.6. The summed E-state index contributed by atoms with van der Waals surface area (Å²) in [5.41, 5.74) is 3.50. The number of esters is 1. The van der Waals surface area contributed by atoms with Gasteiger partial charge in [0.15, 0.2) is 0 Å². The molecule has 0 atom stereocenters. The Morgan fingerprint density at radius 2 is 1.89 bits per heavy atom. The molecule has 5 nitrogen and oxygen atoms in total. The maximum absolute atomic E-state index is 12.6. The molecule has 0 radical (unpaired) electrons. The van der Waals surface area contributed by atoms with Gasteiger partial charge in [-0.05, 0) is 55.5 Å². The van der Waals surface area contributed by atoms with Crippen LogP contribution in [-0.2, 0) is 11.3 Å². The molecule has 3 aromatic rings. The average molecular weight is 416 g/mol. The number of thiophene rings is 2. The maximum Gasteiger partial charge on any atom is 0.340 e. The highest BCUT2D eigenvalue weighted by Crippen LogP contribution is 2.29. The zero-order chi connectivity index (χ0) is 20.3. The van der Waals surface area contributed by atoms with E-state index in [0.29, 0.717) is 22.0 Å². The van der Waals surface area contributed by atoms with Crippen molar-refractivity contribution in [3.63, 3.8) is 0 Å². The summed E-state index contributed by atoms with van der Waals surface area (Å²) < 4.78 is 10.7. The summed E-state index contributed by atoms with van der Waals surface area (Å²) in [7, 11) is 1.32. The number of rotatable bonds is 6. The topological polar surface area (TPSA) is 64.6 Å². The number of hydrogen-bond acceptors (Lipinski definition) is 6. The minimum Gasteiger partial charge on any atom is -0.489 e. The van der Waals surface area contributed by atoms with Crippen LogP contribution in [0.5, 0.6) is 5.75 Å². The minimum atomic E-state index is -0.464. The van der Waals surface area contributed by atoms with Crippen molar-refractivity contribution in [2.24, 2.45) is 0 Å². The van der Waals surface area contributed by atoms with Crippen LogP contribution in [0.25, 0.3) is 0 Å². The van der Waals surface area contributed by atoms with Crippen molar-refractivity contribution in [3.8, 4) is 5.75 Å². The fourth-order valence-electron chi connectivity index (χ4n) is 2.63. The predicted molar refractivity (Wildman–Crippen MR) is 113 cm³/mol. The second-order valence-corrected chi connectivity index (χ2v) is 8.59.